The first-order valence-corrected chi connectivity index (χ1v) is 14.5. The molecule has 1 aliphatic rings. The molecule has 1 aromatic heterocycles. The molecule has 9 nitrogen and oxygen atoms in total. The van der Waals surface area contributed by atoms with Gasteiger partial charge in [0.25, 0.3) is 0 Å². The van der Waals surface area contributed by atoms with Crippen LogP contribution in [0.4, 0.5) is 20.7 Å². The molecule has 0 radical (unpaired) electrons. The van der Waals surface area contributed by atoms with Crippen LogP contribution in [0.5, 0.6) is 5.75 Å². The Morgan fingerprint density at radius 2 is 1.61 bits per heavy atom. The average Bonchev–Trinajstić information content (AvgIpc) is 2.98. The van der Waals surface area contributed by atoms with Crippen molar-refractivity contribution in [2.24, 2.45) is 0 Å². The van der Waals surface area contributed by atoms with Crippen LogP contribution in [0, 0.1) is 5.82 Å². The van der Waals surface area contributed by atoms with Crippen LogP contribution in [0.1, 0.15) is 19.5 Å². The third-order valence-corrected chi connectivity index (χ3v) is 9.25. The smallest absolute Gasteiger partial charge is 0.410 e. The van der Waals surface area contributed by atoms with Crippen LogP contribution in [-0.4, -0.2) is 50.8 Å². The van der Waals surface area contributed by atoms with Crippen LogP contribution in [0.15, 0.2) is 89.8 Å². The van der Waals surface area contributed by atoms with E-state index in [9.17, 15) is 17.6 Å². The van der Waals surface area contributed by atoms with Crippen molar-refractivity contribution in [1.82, 2.24) is 9.97 Å². The van der Waals surface area contributed by atoms with E-state index in [-0.39, 0.29) is 4.90 Å². The first kappa shape index (κ1) is 28.2. The molecule has 1 amide bonds. The third-order valence-electron chi connectivity index (χ3n) is 6.80. The number of nitrogens with zero attached hydrogens (tertiary/aromatic N) is 3. The van der Waals surface area contributed by atoms with Crippen LogP contribution in [0.2, 0.25) is 0 Å². The summed E-state index contributed by atoms with van der Waals surface area (Å²) in [5, 5.41) is 2.68. The molecular weight excluding hydrogens is 547 g/mol. The fourth-order valence-corrected chi connectivity index (χ4v) is 5.78. The number of carbonyl (C=O) groups excluding carboxylic acids is 1. The quantitative estimate of drug-likeness (QED) is 0.290. The van der Waals surface area contributed by atoms with Crippen molar-refractivity contribution < 1.29 is 27.1 Å². The van der Waals surface area contributed by atoms with Gasteiger partial charge in [0.05, 0.1) is 23.8 Å². The minimum Gasteiger partial charge on any atom is -0.410 e. The maximum absolute atomic E-state index is 13.7. The Morgan fingerprint density at radius 1 is 0.951 bits per heavy atom. The molecule has 2 heterocycles. The predicted octanol–water partition coefficient (Wildman–Crippen LogP) is 5.44. The summed E-state index contributed by atoms with van der Waals surface area (Å²) < 4.78 is 50.2. The zero-order valence-corrected chi connectivity index (χ0v) is 23.4. The summed E-state index contributed by atoms with van der Waals surface area (Å²) >= 11 is 0. The highest BCUT2D eigenvalue weighted by Crippen LogP contribution is 2.36. The average molecular weight is 577 g/mol. The lowest BCUT2D eigenvalue weighted by molar-refractivity contribution is 0.122. The largest absolute Gasteiger partial charge is 0.417 e. The topological polar surface area (TPSA) is 111 Å². The van der Waals surface area contributed by atoms with Gasteiger partial charge in [-0.3, -0.25) is 5.32 Å². The number of morpholine rings is 1. The standard InChI is InChI=1S/C30H29FN4O5S/c1-30(2,41(37,38)25-14-10-22(31)11-15-25)26-20-27(35-16-18-39-19-17-35)34-28(33-26)21-8-12-23(13-9-21)32-29(36)40-24-6-4-3-5-7-24/h3-15,20H,16-19H2,1-2H3,(H,32,36). The molecule has 11 heteroatoms. The summed E-state index contributed by atoms with van der Waals surface area (Å²) in [4.78, 5) is 23.8. The number of para-hydroxylation sites is 1. The molecule has 41 heavy (non-hydrogen) atoms. The van der Waals surface area contributed by atoms with Crippen LogP contribution < -0.4 is 15.0 Å². The number of aromatic nitrogens is 2. The number of sulfone groups is 1. The highest BCUT2D eigenvalue weighted by atomic mass is 32.2. The lowest BCUT2D eigenvalue weighted by Gasteiger charge is -2.30. The molecule has 212 valence electrons. The Morgan fingerprint density at radius 3 is 2.27 bits per heavy atom. The first-order chi connectivity index (χ1) is 19.6. The van der Waals surface area contributed by atoms with Crippen molar-refractivity contribution in [3.63, 3.8) is 0 Å². The van der Waals surface area contributed by atoms with Gasteiger partial charge in [-0.05, 0) is 74.5 Å². The Bertz CT molecular complexity index is 1620. The van der Waals surface area contributed by atoms with E-state index in [0.717, 1.165) is 12.1 Å². The van der Waals surface area contributed by atoms with Crippen molar-refractivity contribution in [3.05, 3.63) is 96.4 Å². The Kier molecular flexibility index (Phi) is 8.00. The fourth-order valence-electron chi connectivity index (χ4n) is 4.31. The third kappa shape index (κ3) is 6.21. The zero-order valence-electron chi connectivity index (χ0n) is 22.6. The van der Waals surface area contributed by atoms with Gasteiger partial charge in [-0.2, -0.15) is 0 Å². The van der Waals surface area contributed by atoms with Gasteiger partial charge in [0.15, 0.2) is 15.7 Å². The number of hydrogen-bond acceptors (Lipinski definition) is 8. The highest BCUT2D eigenvalue weighted by Gasteiger charge is 2.40. The fraction of sp³-hybridized carbons (Fsp3) is 0.233. The minimum absolute atomic E-state index is 0.00481. The maximum atomic E-state index is 13.7. The Balaban J connectivity index is 1.47. The number of halogens is 1. The molecule has 0 saturated carbocycles. The van der Waals surface area contributed by atoms with Gasteiger partial charge in [0, 0.05) is 30.4 Å². The van der Waals surface area contributed by atoms with Crippen LogP contribution >= 0.6 is 0 Å². The molecule has 1 N–H and O–H groups in total. The maximum Gasteiger partial charge on any atom is 0.417 e. The van der Waals surface area contributed by atoms with E-state index in [1.54, 1.807) is 68.4 Å². The molecule has 1 aliphatic heterocycles. The molecule has 1 fully saturated rings. The van der Waals surface area contributed by atoms with E-state index in [0.29, 0.717) is 60.6 Å². The normalized spacial score (nSPS) is 14.0. The summed E-state index contributed by atoms with van der Waals surface area (Å²) in [6, 6.07) is 22.0. The molecule has 3 aromatic carbocycles. The monoisotopic (exact) mass is 576 g/mol. The SMILES string of the molecule is CC(C)(c1cc(N2CCOCC2)nc(-c2ccc(NC(=O)Oc3ccccc3)cc2)n1)S(=O)(=O)c1ccc(F)cc1. The second-order valence-electron chi connectivity index (χ2n) is 9.91. The molecule has 0 atom stereocenters. The molecule has 0 unspecified atom stereocenters. The second-order valence-corrected chi connectivity index (χ2v) is 12.4. The molecule has 5 rings (SSSR count). The molecule has 4 aromatic rings. The van der Waals surface area contributed by atoms with E-state index in [1.165, 1.54) is 12.1 Å². The lowest BCUT2D eigenvalue weighted by Crippen LogP contribution is -2.37. The number of hydrogen-bond donors (Lipinski definition) is 1. The predicted molar refractivity (Wildman–Crippen MR) is 153 cm³/mol. The van der Waals surface area contributed by atoms with Gasteiger partial charge in [-0.15, -0.1) is 0 Å². The Hall–Kier alpha value is -4.35. The zero-order chi connectivity index (χ0) is 29.0. The Labute approximate surface area is 237 Å². The summed E-state index contributed by atoms with van der Waals surface area (Å²) in [6.45, 7) is 5.37. The molecule has 0 spiro atoms. The van der Waals surface area contributed by atoms with E-state index < -0.39 is 26.5 Å². The van der Waals surface area contributed by atoms with Gasteiger partial charge in [-0.25, -0.2) is 27.6 Å². The van der Waals surface area contributed by atoms with Crippen molar-refractivity contribution >= 4 is 27.4 Å². The number of nitrogens with one attached hydrogen (secondary N) is 1. The lowest BCUT2D eigenvalue weighted by atomic mass is 10.1. The minimum atomic E-state index is -3.96. The number of ether oxygens (including phenoxy) is 2. The summed E-state index contributed by atoms with van der Waals surface area (Å²) in [5.41, 5.74) is 1.42. The van der Waals surface area contributed by atoms with Crippen molar-refractivity contribution in [1.29, 1.82) is 0 Å². The van der Waals surface area contributed by atoms with Crippen molar-refractivity contribution in [2.75, 3.05) is 36.5 Å². The van der Waals surface area contributed by atoms with Crippen LogP contribution in [-0.2, 0) is 19.3 Å². The van der Waals surface area contributed by atoms with Gasteiger partial charge in [0.1, 0.15) is 22.1 Å². The van der Waals surface area contributed by atoms with Gasteiger partial charge < -0.3 is 14.4 Å². The van der Waals surface area contributed by atoms with Gasteiger partial charge in [-0.1, -0.05) is 18.2 Å². The van der Waals surface area contributed by atoms with E-state index in [2.05, 4.69) is 5.32 Å². The summed E-state index contributed by atoms with van der Waals surface area (Å²) in [6.07, 6.45) is -0.635. The van der Waals surface area contributed by atoms with Crippen LogP contribution in [0.25, 0.3) is 11.4 Å². The highest BCUT2D eigenvalue weighted by molar-refractivity contribution is 7.92. The van der Waals surface area contributed by atoms with Gasteiger partial charge >= 0.3 is 6.09 Å². The summed E-state index contributed by atoms with van der Waals surface area (Å²) in [7, 11) is -3.96. The van der Waals surface area contributed by atoms with Gasteiger partial charge in [0.2, 0.25) is 0 Å². The number of carbonyl (C=O) groups is 1. The van der Waals surface area contributed by atoms with E-state index >= 15 is 0 Å². The number of amides is 1. The van der Waals surface area contributed by atoms with E-state index in [4.69, 9.17) is 19.4 Å². The molecule has 1 saturated heterocycles. The second kappa shape index (κ2) is 11.6. The van der Waals surface area contributed by atoms with E-state index in [1.807, 2.05) is 11.0 Å². The van der Waals surface area contributed by atoms with Crippen molar-refractivity contribution in [3.8, 4) is 17.1 Å². The van der Waals surface area contributed by atoms with Crippen molar-refractivity contribution in [2.45, 2.75) is 23.5 Å². The molecular formula is C30H29FN4O5S. The molecule has 0 aliphatic carbocycles. The summed E-state index contributed by atoms with van der Waals surface area (Å²) in [5.74, 6) is 0.793. The number of rotatable bonds is 7. The van der Waals surface area contributed by atoms with Crippen LogP contribution in [0.3, 0.4) is 0 Å². The first-order valence-electron chi connectivity index (χ1n) is 13.0. The number of benzene rings is 3. The molecule has 0 bridgehead atoms. The number of anilines is 2.